The van der Waals surface area contributed by atoms with Gasteiger partial charge in [0, 0.05) is 13.5 Å². The monoisotopic (exact) mass is 246 g/mol. The number of nitrogens with zero attached hydrogens (tertiary/aromatic N) is 2. The third kappa shape index (κ3) is 1.67. The first-order chi connectivity index (χ1) is 8.44. The van der Waals surface area contributed by atoms with Crippen LogP contribution in [-0.4, -0.2) is 28.7 Å². The van der Waals surface area contributed by atoms with Crippen molar-refractivity contribution in [1.82, 2.24) is 5.06 Å². The van der Waals surface area contributed by atoms with Crippen molar-refractivity contribution in [2.75, 3.05) is 7.05 Å². The molecule has 0 amide bonds. The van der Waals surface area contributed by atoms with Crippen LogP contribution in [0.1, 0.15) is 18.9 Å². The maximum Gasteiger partial charge on any atom is 0.342 e. The molecule has 1 heterocycles. The van der Waals surface area contributed by atoms with Gasteiger partial charge in [-0.15, -0.1) is 0 Å². The van der Waals surface area contributed by atoms with Crippen molar-refractivity contribution in [1.29, 1.82) is 5.26 Å². The maximum atomic E-state index is 11.6. The second kappa shape index (κ2) is 4.09. The molecular weight excluding hydrogens is 232 g/mol. The standard InChI is InChI=1S/C13H14N2O3/c1-12(9-14)8-13(11(16)17,18-15(12)2)10-6-4-3-5-7-10/h3-7H,8H2,1-2H3,(H,16,17)/t12-,13+/m1/s1. The van der Waals surface area contributed by atoms with Crippen molar-refractivity contribution < 1.29 is 14.7 Å². The van der Waals surface area contributed by atoms with E-state index in [4.69, 9.17) is 4.84 Å². The van der Waals surface area contributed by atoms with Gasteiger partial charge in [-0.2, -0.15) is 10.3 Å². The van der Waals surface area contributed by atoms with Gasteiger partial charge in [-0.1, -0.05) is 30.3 Å². The van der Waals surface area contributed by atoms with Gasteiger partial charge in [0.15, 0.2) is 0 Å². The Morgan fingerprint density at radius 1 is 1.50 bits per heavy atom. The summed E-state index contributed by atoms with van der Waals surface area (Å²) in [5.41, 5.74) is -1.89. The predicted octanol–water partition coefficient (Wildman–Crippen LogP) is 1.52. The molecule has 1 fully saturated rings. The van der Waals surface area contributed by atoms with E-state index in [0.29, 0.717) is 5.56 Å². The van der Waals surface area contributed by atoms with E-state index in [-0.39, 0.29) is 6.42 Å². The fourth-order valence-corrected chi connectivity index (χ4v) is 2.17. The molecule has 5 heteroatoms. The number of carboxylic acid groups (broad SMARTS) is 1. The number of aliphatic carboxylic acids is 1. The molecular formula is C13H14N2O3. The molecule has 18 heavy (non-hydrogen) atoms. The van der Waals surface area contributed by atoms with Gasteiger partial charge in [0.25, 0.3) is 0 Å². The third-order valence-electron chi connectivity index (χ3n) is 3.41. The molecule has 94 valence electrons. The van der Waals surface area contributed by atoms with Crippen LogP contribution in [0.3, 0.4) is 0 Å². The van der Waals surface area contributed by atoms with Gasteiger partial charge in [0.05, 0.1) is 6.07 Å². The van der Waals surface area contributed by atoms with Crippen LogP contribution in [0.4, 0.5) is 0 Å². The quantitative estimate of drug-likeness (QED) is 0.856. The molecule has 1 N–H and O–H groups in total. The van der Waals surface area contributed by atoms with E-state index in [1.165, 1.54) is 5.06 Å². The lowest BCUT2D eigenvalue weighted by molar-refractivity contribution is -0.215. The molecule has 1 aliphatic rings. The molecule has 0 aromatic heterocycles. The highest BCUT2D eigenvalue weighted by atomic mass is 16.7. The number of hydrogen-bond acceptors (Lipinski definition) is 4. The van der Waals surface area contributed by atoms with Crippen LogP contribution in [0.2, 0.25) is 0 Å². The van der Waals surface area contributed by atoms with Crippen molar-refractivity contribution >= 4 is 5.97 Å². The summed E-state index contributed by atoms with van der Waals surface area (Å²) in [5, 5.41) is 20.0. The van der Waals surface area contributed by atoms with Crippen LogP contribution in [0.15, 0.2) is 30.3 Å². The van der Waals surface area contributed by atoms with Crippen molar-refractivity contribution in [3.05, 3.63) is 35.9 Å². The fourth-order valence-electron chi connectivity index (χ4n) is 2.17. The van der Waals surface area contributed by atoms with Crippen LogP contribution in [0.25, 0.3) is 0 Å². The van der Waals surface area contributed by atoms with Crippen molar-refractivity contribution in [2.45, 2.75) is 24.5 Å². The summed E-state index contributed by atoms with van der Waals surface area (Å²) < 4.78 is 0. The van der Waals surface area contributed by atoms with Gasteiger partial charge < -0.3 is 5.11 Å². The molecule has 0 aliphatic carbocycles. The normalized spacial score (nSPS) is 32.1. The van der Waals surface area contributed by atoms with Gasteiger partial charge in [-0.05, 0) is 12.5 Å². The summed E-state index contributed by atoms with van der Waals surface area (Å²) in [6, 6.07) is 10.8. The zero-order valence-electron chi connectivity index (χ0n) is 10.3. The Kier molecular flexibility index (Phi) is 2.85. The zero-order valence-corrected chi connectivity index (χ0v) is 10.3. The molecule has 5 nitrogen and oxygen atoms in total. The summed E-state index contributed by atoms with van der Waals surface area (Å²) in [4.78, 5) is 17.1. The topological polar surface area (TPSA) is 73.6 Å². The second-order valence-electron chi connectivity index (χ2n) is 4.65. The lowest BCUT2D eigenvalue weighted by Gasteiger charge is -2.23. The molecule has 1 aliphatic heterocycles. The summed E-state index contributed by atoms with van der Waals surface area (Å²) in [6.07, 6.45) is 0.0896. The summed E-state index contributed by atoms with van der Waals surface area (Å²) in [6.45, 7) is 1.67. The van der Waals surface area contributed by atoms with Crippen molar-refractivity contribution in [3.8, 4) is 6.07 Å². The average molecular weight is 246 g/mol. The SMILES string of the molecule is CN1O[C@](C(=O)O)(c2ccccc2)C[C@]1(C)C#N. The smallest absolute Gasteiger partial charge is 0.342 e. The Morgan fingerprint density at radius 3 is 2.56 bits per heavy atom. The minimum Gasteiger partial charge on any atom is -0.479 e. The van der Waals surface area contributed by atoms with Crippen molar-refractivity contribution in [3.63, 3.8) is 0 Å². The first-order valence-electron chi connectivity index (χ1n) is 5.58. The van der Waals surface area contributed by atoms with Gasteiger partial charge in [-0.3, -0.25) is 4.84 Å². The Labute approximate surface area is 105 Å². The number of carbonyl (C=O) groups is 1. The molecule has 0 saturated carbocycles. The Bertz CT molecular complexity index is 511. The highest BCUT2D eigenvalue weighted by molar-refractivity contribution is 5.80. The van der Waals surface area contributed by atoms with E-state index in [9.17, 15) is 15.2 Å². The number of nitriles is 1. The molecule has 2 rings (SSSR count). The first-order valence-corrected chi connectivity index (χ1v) is 5.58. The van der Waals surface area contributed by atoms with Crippen LogP contribution >= 0.6 is 0 Å². The highest BCUT2D eigenvalue weighted by Gasteiger charge is 2.57. The van der Waals surface area contributed by atoms with Crippen molar-refractivity contribution in [2.24, 2.45) is 0 Å². The highest BCUT2D eigenvalue weighted by Crippen LogP contribution is 2.44. The second-order valence-corrected chi connectivity index (χ2v) is 4.65. The summed E-state index contributed by atoms with van der Waals surface area (Å²) in [5.74, 6) is -1.08. The average Bonchev–Trinajstić information content (AvgIpc) is 2.65. The van der Waals surface area contributed by atoms with E-state index in [2.05, 4.69) is 6.07 Å². The lowest BCUT2D eigenvalue weighted by Crippen LogP contribution is -2.36. The summed E-state index contributed by atoms with van der Waals surface area (Å²) in [7, 11) is 1.58. The molecule has 1 aromatic rings. The van der Waals surface area contributed by atoms with Crippen LogP contribution in [-0.2, 0) is 15.2 Å². The zero-order chi connectivity index (χ0) is 13.4. The van der Waals surface area contributed by atoms with E-state index < -0.39 is 17.1 Å². The summed E-state index contributed by atoms with van der Waals surface area (Å²) >= 11 is 0. The van der Waals surface area contributed by atoms with E-state index in [1.54, 1.807) is 44.3 Å². The van der Waals surface area contributed by atoms with Gasteiger partial charge >= 0.3 is 5.97 Å². The van der Waals surface area contributed by atoms with E-state index in [0.717, 1.165) is 0 Å². The molecule has 1 saturated heterocycles. The van der Waals surface area contributed by atoms with Crippen LogP contribution in [0.5, 0.6) is 0 Å². The van der Waals surface area contributed by atoms with Crippen LogP contribution in [0, 0.1) is 11.3 Å². The third-order valence-corrected chi connectivity index (χ3v) is 3.41. The number of hydrogen-bond donors (Lipinski definition) is 1. The predicted molar refractivity (Wildman–Crippen MR) is 63.2 cm³/mol. The lowest BCUT2D eigenvalue weighted by atomic mass is 9.83. The largest absolute Gasteiger partial charge is 0.479 e. The molecule has 2 atom stereocenters. The first kappa shape index (κ1) is 12.6. The Hall–Kier alpha value is -1.90. The number of hydroxylamine groups is 2. The number of benzene rings is 1. The molecule has 0 bridgehead atoms. The minimum atomic E-state index is -1.49. The Morgan fingerprint density at radius 2 is 2.11 bits per heavy atom. The maximum absolute atomic E-state index is 11.6. The number of rotatable bonds is 2. The van der Waals surface area contributed by atoms with Gasteiger partial charge in [0.1, 0.15) is 5.54 Å². The van der Waals surface area contributed by atoms with Gasteiger partial charge in [0.2, 0.25) is 5.60 Å². The van der Waals surface area contributed by atoms with Crippen LogP contribution < -0.4 is 0 Å². The molecule has 0 radical (unpaired) electrons. The molecule has 0 spiro atoms. The van der Waals surface area contributed by atoms with E-state index >= 15 is 0 Å². The fraction of sp³-hybridized carbons (Fsp3) is 0.385. The number of carboxylic acids is 1. The Balaban J connectivity index is 2.51. The van der Waals surface area contributed by atoms with E-state index in [1.807, 2.05) is 0 Å². The van der Waals surface area contributed by atoms with Gasteiger partial charge in [-0.25, -0.2) is 4.79 Å². The molecule has 1 aromatic carbocycles. The minimum absolute atomic E-state index is 0.0896. The molecule has 0 unspecified atom stereocenters.